The van der Waals surface area contributed by atoms with E-state index < -0.39 is 0 Å². The number of rotatable bonds is 3. The fourth-order valence-corrected chi connectivity index (χ4v) is 3.22. The highest BCUT2D eigenvalue weighted by molar-refractivity contribution is 7.13. The number of anilines is 1. The Morgan fingerprint density at radius 2 is 1.84 bits per heavy atom. The fraction of sp³-hybridized carbons (Fsp3) is 0.0526. The summed E-state index contributed by atoms with van der Waals surface area (Å²) in [6.45, 7) is 2.04. The van der Waals surface area contributed by atoms with Gasteiger partial charge in [0.05, 0.1) is 5.69 Å². The summed E-state index contributed by atoms with van der Waals surface area (Å²) in [7, 11) is 0. The highest BCUT2D eigenvalue weighted by Crippen LogP contribution is 2.32. The molecule has 0 bridgehead atoms. The van der Waals surface area contributed by atoms with Crippen molar-refractivity contribution in [2.45, 2.75) is 6.92 Å². The Labute approximate surface area is 148 Å². The number of benzene rings is 2. The van der Waals surface area contributed by atoms with Gasteiger partial charge in [0.1, 0.15) is 10.7 Å². The molecule has 2 aromatic carbocycles. The van der Waals surface area contributed by atoms with Gasteiger partial charge in [-0.1, -0.05) is 17.7 Å². The van der Waals surface area contributed by atoms with Crippen LogP contribution >= 0.6 is 11.3 Å². The van der Waals surface area contributed by atoms with Crippen LogP contribution < -0.4 is 5.73 Å². The van der Waals surface area contributed by atoms with Crippen LogP contribution in [0.25, 0.3) is 21.3 Å². The minimum Gasteiger partial charge on any atom is -0.382 e. The second kappa shape index (κ2) is 6.41. The van der Waals surface area contributed by atoms with Gasteiger partial charge in [0.2, 0.25) is 0 Å². The van der Waals surface area contributed by atoms with E-state index in [9.17, 15) is 0 Å². The summed E-state index contributed by atoms with van der Waals surface area (Å²) in [6.07, 6.45) is 3.55. The first-order valence-corrected chi connectivity index (χ1v) is 8.65. The minimum absolute atomic E-state index is 0.376. The number of pyridine rings is 1. The van der Waals surface area contributed by atoms with Gasteiger partial charge in [-0.05, 0) is 37.3 Å². The number of aryl methyl sites for hydroxylation is 1. The third-order valence-corrected chi connectivity index (χ3v) is 4.68. The molecule has 4 rings (SSSR count). The summed E-state index contributed by atoms with van der Waals surface area (Å²) in [4.78, 5) is 8.52. The molecule has 0 aliphatic carbocycles. The molecule has 0 radical (unpaired) electrons. The lowest BCUT2D eigenvalue weighted by molar-refractivity contribution is 1.22. The molecule has 4 aromatic rings. The predicted octanol–water partition coefficient (Wildman–Crippen LogP) is 5.66. The summed E-state index contributed by atoms with van der Waals surface area (Å²) in [5, 5.41) is 13.6. The molecule has 0 fully saturated rings. The average molecular weight is 345 g/mol. The first-order chi connectivity index (χ1) is 12.2. The quantitative estimate of drug-likeness (QED) is 0.486. The van der Waals surface area contributed by atoms with Crippen molar-refractivity contribution < 1.29 is 0 Å². The maximum Gasteiger partial charge on any atom is 0.151 e. The van der Waals surface area contributed by atoms with Gasteiger partial charge in [-0.3, -0.25) is 0 Å². The van der Waals surface area contributed by atoms with Crippen LogP contribution in [0.1, 0.15) is 5.56 Å². The van der Waals surface area contributed by atoms with E-state index in [-0.39, 0.29) is 0 Å². The minimum atomic E-state index is 0.376. The van der Waals surface area contributed by atoms with Crippen molar-refractivity contribution in [2.24, 2.45) is 10.2 Å². The molecule has 6 heteroatoms. The van der Waals surface area contributed by atoms with Crippen LogP contribution in [0.2, 0.25) is 0 Å². The van der Waals surface area contributed by atoms with Gasteiger partial charge in [-0.2, -0.15) is 5.11 Å². The first kappa shape index (κ1) is 15.4. The summed E-state index contributed by atoms with van der Waals surface area (Å²) in [5.74, 6) is 0.376. The smallest absolute Gasteiger partial charge is 0.151 e. The lowest BCUT2D eigenvalue weighted by Gasteiger charge is -2.05. The molecule has 0 saturated carbocycles. The number of nitrogens with two attached hydrogens (primary N) is 1. The number of nitrogens with zero attached hydrogens (tertiary/aromatic N) is 4. The maximum absolute atomic E-state index is 6.02. The zero-order valence-corrected chi connectivity index (χ0v) is 14.4. The van der Waals surface area contributed by atoms with Crippen molar-refractivity contribution in [1.82, 2.24) is 9.97 Å². The van der Waals surface area contributed by atoms with Gasteiger partial charge in [0.15, 0.2) is 5.82 Å². The topological polar surface area (TPSA) is 76.5 Å². The lowest BCUT2D eigenvalue weighted by atomic mass is 10.1. The van der Waals surface area contributed by atoms with Gasteiger partial charge in [-0.25, -0.2) is 9.97 Å². The Morgan fingerprint density at radius 1 is 1.00 bits per heavy atom. The Morgan fingerprint density at radius 3 is 2.60 bits per heavy atom. The summed E-state index contributed by atoms with van der Waals surface area (Å²) >= 11 is 1.61. The average Bonchev–Trinajstić information content (AvgIpc) is 3.16. The number of aromatic nitrogens is 2. The monoisotopic (exact) mass is 345 g/mol. The number of hydrogen-bond donors (Lipinski definition) is 1. The number of fused-ring (bicyclic) bond motifs is 1. The molecule has 122 valence electrons. The van der Waals surface area contributed by atoms with Gasteiger partial charge < -0.3 is 5.73 Å². The van der Waals surface area contributed by atoms with E-state index in [1.807, 2.05) is 54.8 Å². The van der Waals surface area contributed by atoms with Gasteiger partial charge in [0, 0.05) is 34.1 Å². The summed E-state index contributed by atoms with van der Waals surface area (Å²) in [5.41, 5.74) is 9.58. The summed E-state index contributed by atoms with van der Waals surface area (Å²) in [6, 6.07) is 13.9. The van der Waals surface area contributed by atoms with E-state index in [4.69, 9.17) is 5.73 Å². The number of thiazole rings is 1. The Hall–Kier alpha value is -3.12. The van der Waals surface area contributed by atoms with Crippen LogP contribution in [-0.4, -0.2) is 9.97 Å². The Bertz CT molecular complexity index is 1050. The van der Waals surface area contributed by atoms with Gasteiger partial charge >= 0.3 is 0 Å². The lowest BCUT2D eigenvalue weighted by Crippen LogP contribution is -1.91. The fourth-order valence-electron chi connectivity index (χ4n) is 2.58. The van der Waals surface area contributed by atoms with Crippen molar-refractivity contribution in [2.75, 3.05) is 5.73 Å². The van der Waals surface area contributed by atoms with E-state index in [1.54, 1.807) is 23.7 Å². The van der Waals surface area contributed by atoms with E-state index in [0.717, 1.165) is 32.6 Å². The number of hydrogen-bond acceptors (Lipinski definition) is 6. The Kier molecular flexibility index (Phi) is 3.95. The van der Waals surface area contributed by atoms with E-state index >= 15 is 0 Å². The van der Waals surface area contributed by atoms with Crippen LogP contribution in [0.3, 0.4) is 0 Å². The van der Waals surface area contributed by atoms with Crippen molar-refractivity contribution in [3.63, 3.8) is 0 Å². The first-order valence-electron chi connectivity index (χ1n) is 7.77. The standard InChI is InChI=1S/C19H15N5S/c1-12-2-3-14-11-22-18(20)17(16(14)10-12)24-23-15-6-4-13(5-7-15)19-21-8-9-25-19/h2-11H,1H3,(H2,20,22). The zero-order valence-electron chi connectivity index (χ0n) is 13.5. The zero-order chi connectivity index (χ0) is 17.2. The highest BCUT2D eigenvalue weighted by Gasteiger charge is 2.07. The Balaban J connectivity index is 1.69. The van der Waals surface area contributed by atoms with Crippen LogP contribution in [0, 0.1) is 6.92 Å². The molecule has 0 aliphatic rings. The molecule has 2 aromatic heterocycles. The third kappa shape index (κ3) is 3.12. The highest BCUT2D eigenvalue weighted by atomic mass is 32.1. The molecule has 0 amide bonds. The van der Waals surface area contributed by atoms with Crippen molar-refractivity contribution >= 4 is 39.3 Å². The normalized spacial score (nSPS) is 11.4. The molecule has 0 saturated heterocycles. The largest absolute Gasteiger partial charge is 0.382 e. The van der Waals surface area contributed by atoms with Crippen molar-refractivity contribution in [1.29, 1.82) is 0 Å². The van der Waals surface area contributed by atoms with E-state index in [2.05, 4.69) is 20.2 Å². The molecule has 0 atom stereocenters. The molecular weight excluding hydrogens is 330 g/mol. The van der Waals surface area contributed by atoms with Crippen LogP contribution in [0.15, 0.2) is 70.5 Å². The van der Waals surface area contributed by atoms with Gasteiger partial charge in [-0.15, -0.1) is 16.5 Å². The SMILES string of the molecule is Cc1ccc2cnc(N)c(N=Nc3ccc(-c4nccs4)cc3)c2c1. The summed E-state index contributed by atoms with van der Waals surface area (Å²) < 4.78 is 0. The molecule has 0 unspecified atom stereocenters. The maximum atomic E-state index is 6.02. The van der Waals surface area contributed by atoms with Crippen molar-refractivity contribution in [3.8, 4) is 10.6 Å². The molecule has 25 heavy (non-hydrogen) atoms. The van der Waals surface area contributed by atoms with Crippen LogP contribution in [0.4, 0.5) is 17.2 Å². The predicted molar refractivity (Wildman–Crippen MR) is 103 cm³/mol. The number of azo groups is 1. The molecular formula is C19H15N5S. The molecule has 0 spiro atoms. The van der Waals surface area contributed by atoms with Gasteiger partial charge in [0.25, 0.3) is 0 Å². The second-order valence-corrected chi connectivity index (χ2v) is 6.56. The molecule has 2 heterocycles. The third-order valence-electron chi connectivity index (χ3n) is 3.86. The molecule has 0 aliphatic heterocycles. The molecule has 5 nitrogen and oxygen atoms in total. The van der Waals surface area contributed by atoms with E-state index in [0.29, 0.717) is 11.5 Å². The number of nitrogen functional groups attached to an aromatic ring is 1. The van der Waals surface area contributed by atoms with Crippen molar-refractivity contribution in [3.05, 3.63) is 65.8 Å². The van der Waals surface area contributed by atoms with Crippen LogP contribution in [-0.2, 0) is 0 Å². The second-order valence-electron chi connectivity index (χ2n) is 5.67. The van der Waals surface area contributed by atoms with Crippen LogP contribution in [0.5, 0.6) is 0 Å². The van der Waals surface area contributed by atoms with E-state index in [1.165, 1.54) is 0 Å². The molecule has 2 N–H and O–H groups in total.